The van der Waals surface area contributed by atoms with Crippen LogP contribution in [-0.2, 0) is 4.79 Å². The molecular formula is C13H16FN3O. The highest BCUT2D eigenvalue weighted by Crippen LogP contribution is 2.22. The minimum atomic E-state index is -0.534. The maximum Gasteiger partial charge on any atom is 0.257 e. The number of nitrogens with zero attached hydrogens (tertiary/aromatic N) is 1. The van der Waals surface area contributed by atoms with Gasteiger partial charge in [0.25, 0.3) is 5.91 Å². The molecule has 2 N–H and O–H groups in total. The molecule has 0 radical (unpaired) electrons. The van der Waals surface area contributed by atoms with Crippen molar-refractivity contribution >= 4 is 11.6 Å². The van der Waals surface area contributed by atoms with Crippen molar-refractivity contribution in [3.8, 4) is 0 Å². The van der Waals surface area contributed by atoms with Crippen LogP contribution in [0.15, 0.2) is 35.8 Å². The van der Waals surface area contributed by atoms with Gasteiger partial charge in [0.2, 0.25) is 5.95 Å². The molecule has 5 heteroatoms. The summed E-state index contributed by atoms with van der Waals surface area (Å²) in [5, 5.41) is 3.95. The van der Waals surface area contributed by atoms with Crippen molar-refractivity contribution in [2.75, 3.05) is 12.4 Å². The third kappa shape index (κ3) is 2.22. The van der Waals surface area contributed by atoms with E-state index in [9.17, 15) is 9.18 Å². The third-order valence-electron chi connectivity index (χ3n) is 2.97. The summed E-state index contributed by atoms with van der Waals surface area (Å²) in [4.78, 5) is 12.1. The molecule has 0 saturated heterocycles. The van der Waals surface area contributed by atoms with E-state index >= 15 is 0 Å². The molecule has 1 aromatic carbocycles. The molecule has 0 fully saturated rings. The molecule has 0 saturated carbocycles. The average Bonchev–Trinajstić information content (AvgIpc) is 2.56. The lowest BCUT2D eigenvalue weighted by Gasteiger charge is -2.11. The standard InChI is InChI=1S/C13H16FN3O/c1-8-6-4-5-7-10(8)15-13(18)11-9(2)16-17(3)12(11)14/h4-7,9,16H,1-3H3,(H,15,18). The molecule has 96 valence electrons. The van der Waals surface area contributed by atoms with E-state index in [0.29, 0.717) is 5.69 Å². The molecule has 18 heavy (non-hydrogen) atoms. The fourth-order valence-corrected chi connectivity index (χ4v) is 1.96. The van der Waals surface area contributed by atoms with Gasteiger partial charge in [-0.2, -0.15) is 4.39 Å². The van der Waals surface area contributed by atoms with Crippen molar-refractivity contribution in [2.24, 2.45) is 0 Å². The van der Waals surface area contributed by atoms with Crippen molar-refractivity contribution in [2.45, 2.75) is 19.9 Å². The molecule has 1 unspecified atom stereocenters. The predicted molar refractivity (Wildman–Crippen MR) is 68.3 cm³/mol. The van der Waals surface area contributed by atoms with Gasteiger partial charge in [0.1, 0.15) is 0 Å². The summed E-state index contributed by atoms with van der Waals surface area (Å²) in [5.74, 6) is -0.945. The number of hydrogen-bond acceptors (Lipinski definition) is 3. The Bertz CT molecular complexity index is 513. The van der Waals surface area contributed by atoms with Gasteiger partial charge in [-0.05, 0) is 25.5 Å². The second kappa shape index (κ2) is 4.78. The Hall–Kier alpha value is -1.88. The highest BCUT2D eigenvalue weighted by molar-refractivity contribution is 6.05. The maximum absolute atomic E-state index is 13.8. The normalized spacial score (nSPS) is 19.3. The van der Waals surface area contributed by atoms with Crippen LogP contribution in [0.25, 0.3) is 0 Å². The van der Waals surface area contributed by atoms with E-state index in [1.54, 1.807) is 20.0 Å². The number of aryl methyl sites for hydroxylation is 1. The van der Waals surface area contributed by atoms with Crippen LogP contribution in [-0.4, -0.2) is 24.0 Å². The number of nitrogens with one attached hydrogen (secondary N) is 2. The molecule has 1 atom stereocenters. The van der Waals surface area contributed by atoms with Crippen LogP contribution in [0.4, 0.5) is 10.1 Å². The van der Waals surface area contributed by atoms with Crippen LogP contribution in [0.2, 0.25) is 0 Å². The Morgan fingerprint density at radius 1 is 1.44 bits per heavy atom. The van der Waals surface area contributed by atoms with Gasteiger partial charge in [0.15, 0.2) is 0 Å². The first-order valence-electron chi connectivity index (χ1n) is 5.77. The number of carbonyl (C=O) groups is 1. The fraction of sp³-hybridized carbons (Fsp3) is 0.308. The van der Waals surface area contributed by atoms with Gasteiger partial charge < -0.3 is 5.32 Å². The second-order valence-electron chi connectivity index (χ2n) is 4.38. The summed E-state index contributed by atoms with van der Waals surface area (Å²) < 4.78 is 13.8. The van der Waals surface area contributed by atoms with Crippen LogP contribution in [0.1, 0.15) is 12.5 Å². The van der Waals surface area contributed by atoms with Crippen molar-refractivity contribution < 1.29 is 9.18 Å². The number of hydrogen-bond donors (Lipinski definition) is 2. The van der Waals surface area contributed by atoms with Crippen LogP contribution in [0, 0.1) is 6.92 Å². The molecule has 0 spiro atoms. The molecule has 0 aliphatic carbocycles. The van der Waals surface area contributed by atoms with Gasteiger partial charge in [-0.1, -0.05) is 18.2 Å². The zero-order valence-electron chi connectivity index (χ0n) is 10.6. The lowest BCUT2D eigenvalue weighted by atomic mass is 10.1. The summed E-state index contributed by atoms with van der Waals surface area (Å²) in [6.07, 6.45) is 0. The first-order chi connectivity index (χ1) is 8.50. The fourth-order valence-electron chi connectivity index (χ4n) is 1.96. The first-order valence-corrected chi connectivity index (χ1v) is 5.77. The second-order valence-corrected chi connectivity index (χ2v) is 4.38. The summed E-state index contributed by atoms with van der Waals surface area (Å²) in [6, 6.07) is 7.07. The Balaban J connectivity index is 2.21. The van der Waals surface area contributed by atoms with Gasteiger partial charge >= 0.3 is 0 Å². The lowest BCUT2D eigenvalue weighted by Crippen LogP contribution is -2.33. The zero-order chi connectivity index (χ0) is 13.3. The number of benzene rings is 1. The molecule has 1 aromatic rings. The number of anilines is 1. The Kier molecular flexibility index (Phi) is 3.34. The molecule has 0 bridgehead atoms. The Morgan fingerprint density at radius 2 is 2.11 bits per heavy atom. The molecule has 1 amide bonds. The van der Waals surface area contributed by atoms with Crippen LogP contribution < -0.4 is 10.7 Å². The molecule has 0 aromatic heterocycles. The van der Waals surface area contributed by atoms with Crippen molar-refractivity contribution in [3.05, 3.63) is 41.4 Å². The van der Waals surface area contributed by atoms with Crippen LogP contribution >= 0.6 is 0 Å². The largest absolute Gasteiger partial charge is 0.322 e. The number of carbonyl (C=O) groups excluding carboxylic acids is 1. The van der Waals surface area contributed by atoms with Gasteiger partial charge in [-0.3, -0.25) is 9.80 Å². The molecule has 2 rings (SSSR count). The summed E-state index contributed by atoms with van der Waals surface area (Å²) >= 11 is 0. The monoisotopic (exact) mass is 249 g/mol. The number of rotatable bonds is 2. The van der Waals surface area contributed by atoms with E-state index in [2.05, 4.69) is 10.7 Å². The van der Waals surface area contributed by atoms with E-state index in [0.717, 1.165) is 5.56 Å². The predicted octanol–water partition coefficient (Wildman–Crippen LogP) is 1.95. The Morgan fingerprint density at radius 3 is 2.67 bits per heavy atom. The summed E-state index contributed by atoms with van der Waals surface area (Å²) in [5.41, 5.74) is 4.59. The summed E-state index contributed by atoms with van der Waals surface area (Å²) in [7, 11) is 1.54. The molecule has 1 aliphatic rings. The summed E-state index contributed by atoms with van der Waals surface area (Å²) in [6.45, 7) is 3.64. The minimum absolute atomic E-state index is 0.126. The molecule has 1 heterocycles. The van der Waals surface area contributed by atoms with Gasteiger partial charge in [0, 0.05) is 12.7 Å². The van der Waals surface area contributed by atoms with E-state index in [-0.39, 0.29) is 11.6 Å². The van der Waals surface area contributed by atoms with Gasteiger partial charge in [0.05, 0.1) is 11.6 Å². The zero-order valence-corrected chi connectivity index (χ0v) is 10.6. The highest BCUT2D eigenvalue weighted by atomic mass is 19.1. The first kappa shape index (κ1) is 12.6. The smallest absolute Gasteiger partial charge is 0.257 e. The van der Waals surface area contributed by atoms with E-state index in [1.807, 2.05) is 25.1 Å². The molecular weight excluding hydrogens is 233 g/mol. The average molecular weight is 249 g/mol. The van der Waals surface area contributed by atoms with Crippen molar-refractivity contribution in [1.29, 1.82) is 0 Å². The van der Waals surface area contributed by atoms with E-state index < -0.39 is 11.9 Å². The lowest BCUT2D eigenvalue weighted by molar-refractivity contribution is -0.113. The topological polar surface area (TPSA) is 44.4 Å². The SMILES string of the molecule is Cc1ccccc1NC(=O)C1=C(F)N(C)NC1C. The quantitative estimate of drug-likeness (QED) is 0.787. The van der Waals surface area contributed by atoms with Crippen molar-refractivity contribution in [1.82, 2.24) is 10.4 Å². The number of amides is 1. The van der Waals surface area contributed by atoms with Crippen LogP contribution in [0.5, 0.6) is 0 Å². The van der Waals surface area contributed by atoms with Gasteiger partial charge in [-0.15, -0.1) is 0 Å². The van der Waals surface area contributed by atoms with Crippen LogP contribution in [0.3, 0.4) is 0 Å². The number of halogens is 1. The minimum Gasteiger partial charge on any atom is -0.322 e. The number of hydrazine groups is 1. The van der Waals surface area contributed by atoms with Gasteiger partial charge in [-0.25, -0.2) is 5.43 Å². The van der Waals surface area contributed by atoms with E-state index in [1.165, 1.54) is 5.01 Å². The Labute approximate surface area is 105 Å². The molecule has 4 nitrogen and oxygen atoms in total. The van der Waals surface area contributed by atoms with E-state index in [4.69, 9.17) is 0 Å². The highest BCUT2D eigenvalue weighted by Gasteiger charge is 2.31. The third-order valence-corrected chi connectivity index (χ3v) is 2.97. The number of para-hydroxylation sites is 1. The van der Waals surface area contributed by atoms with Crippen molar-refractivity contribution in [3.63, 3.8) is 0 Å². The molecule has 1 aliphatic heterocycles. The maximum atomic E-state index is 13.8.